The lowest BCUT2D eigenvalue weighted by Gasteiger charge is -2.24. The molecule has 0 saturated heterocycles. The van der Waals surface area contributed by atoms with E-state index in [1.807, 2.05) is 37.3 Å². The monoisotopic (exact) mass is 332 g/mol. The van der Waals surface area contributed by atoms with Crippen molar-refractivity contribution in [3.8, 4) is 0 Å². The molecule has 0 radical (unpaired) electrons. The lowest BCUT2D eigenvalue weighted by atomic mass is 9.98. The zero-order valence-electron chi connectivity index (χ0n) is 13.0. The molecule has 0 saturated carbocycles. The maximum Gasteiger partial charge on any atom is 0.406 e. The first-order chi connectivity index (χ1) is 11.3. The molecule has 0 N–H and O–H groups in total. The predicted octanol–water partition coefficient (Wildman–Crippen LogP) is 3.74. The normalized spacial score (nSPS) is 14.9. The predicted molar refractivity (Wildman–Crippen MR) is 86.5 cm³/mol. The molecule has 6 heteroatoms. The van der Waals surface area contributed by atoms with Gasteiger partial charge in [-0.05, 0) is 19.1 Å². The van der Waals surface area contributed by atoms with Crippen LogP contribution in [-0.2, 0) is 4.79 Å². The number of halogens is 3. The van der Waals surface area contributed by atoms with E-state index in [0.29, 0.717) is 11.3 Å². The van der Waals surface area contributed by atoms with Crippen LogP contribution in [0.3, 0.4) is 0 Å². The van der Waals surface area contributed by atoms with Crippen molar-refractivity contribution in [1.29, 1.82) is 0 Å². The van der Waals surface area contributed by atoms with Crippen LogP contribution in [0, 0.1) is 6.92 Å². The number of aliphatic imine (C=N–C) groups is 1. The number of carbonyl (C=O) groups is 1. The van der Waals surface area contributed by atoms with Gasteiger partial charge in [-0.2, -0.15) is 13.2 Å². The molecule has 1 aliphatic rings. The highest BCUT2D eigenvalue weighted by molar-refractivity contribution is 6.19. The van der Waals surface area contributed by atoms with Crippen molar-refractivity contribution < 1.29 is 18.0 Å². The fourth-order valence-corrected chi connectivity index (χ4v) is 2.72. The van der Waals surface area contributed by atoms with Crippen molar-refractivity contribution >= 4 is 17.3 Å². The summed E-state index contributed by atoms with van der Waals surface area (Å²) in [6.45, 7) is 0.219. The molecule has 3 nitrogen and oxygen atoms in total. The number of anilines is 1. The van der Waals surface area contributed by atoms with E-state index < -0.39 is 18.6 Å². The van der Waals surface area contributed by atoms with Crippen LogP contribution >= 0.6 is 0 Å². The van der Waals surface area contributed by atoms with E-state index in [1.165, 1.54) is 0 Å². The Balaban J connectivity index is 2.16. The fraction of sp³-hybridized carbons (Fsp3) is 0.222. The molecule has 0 spiro atoms. The molecule has 2 aromatic rings. The van der Waals surface area contributed by atoms with Gasteiger partial charge in [0.1, 0.15) is 13.1 Å². The Labute approximate surface area is 137 Å². The van der Waals surface area contributed by atoms with Gasteiger partial charge < -0.3 is 4.90 Å². The number of aryl methyl sites for hydroxylation is 1. The van der Waals surface area contributed by atoms with E-state index in [4.69, 9.17) is 0 Å². The number of fused-ring (bicyclic) bond motifs is 1. The van der Waals surface area contributed by atoms with E-state index >= 15 is 0 Å². The van der Waals surface area contributed by atoms with Crippen molar-refractivity contribution in [1.82, 2.24) is 0 Å². The highest BCUT2D eigenvalue weighted by Gasteiger charge is 2.36. The number of benzene rings is 2. The topological polar surface area (TPSA) is 32.7 Å². The van der Waals surface area contributed by atoms with Crippen molar-refractivity contribution in [3.63, 3.8) is 0 Å². The van der Waals surface area contributed by atoms with Crippen LogP contribution in [0.5, 0.6) is 0 Å². The Bertz CT molecular complexity index is 798. The molecule has 1 heterocycles. The summed E-state index contributed by atoms with van der Waals surface area (Å²) in [6.07, 6.45) is -4.48. The Morgan fingerprint density at radius 2 is 1.83 bits per heavy atom. The molecule has 0 atom stereocenters. The molecule has 0 fully saturated rings. The second-order valence-corrected chi connectivity index (χ2v) is 5.65. The Kier molecular flexibility index (Phi) is 4.13. The summed E-state index contributed by atoms with van der Waals surface area (Å²) < 4.78 is 38.7. The third-order valence-corrected chi connectivity index (χ3v) is 3.76. The number of amides is 1. The quantitative estimate of drug-likeness (QED) is 0.824. The molecular weight excluding hydrogens is 317 g/mol. The molecule has 0 bridgehead atoms. The maximum absolute atomic E-state index is 12.9. The number of nitrogens with zero attached hydrogens (tertiary/aromatic N) is 2. The summed E-state index contributed by atoms with van der Waals surface area (Å²) in [4.78, 5) is 17.3. The average molecular weight is 332 g/mol. The summed E-state index contributed by atoms with van der Waals surface area (Å²) >= 11 is 0. The summed E-state index contributed by atoms with van der Waals surface area (Å²) in [5.41, 5.74) is 2.97. The van der Waals surface area contributed by atoms with Gasteiger partial charge in [-0.25, -0.2) is 0 Å². The average Bonchev–Trinajstić information content (AvgIpc) is 2.65. The SMILES string of the molecule is Cc1ccc2c(c1)C(c1ccccc1)=NCC(=O)N2CC(F)(F)F. The Morgan fingerprint density at radius 1 is 1.12 bits per heavy atom. The smallest absolute Gasteiger partial charge is 0.301 e. The van der Waals surface area contributed by atoms with E-state index in [1.54, 1.807) is 18.2 Å². The number of rotatable bonds is 2. The molecule has 24 heavy (non-hydrogen) atoms. The van der Waals surface area contributed by atoms with Gasteiger partial charge in [-0.15, -0.1) is 0 Å². The van der Waals surface area contributed by atoms with E-state index in [-0.39, 0.29) is 12.2 Å². The van der Waals surface area contributed by atoms with Crippen molar-refractivity contribution in [3.05, 3.63) is 65.2 Å². The molecule has 2 aromatic carbocycles. The van der Waals surface area contributed by atoms with Crippen LogP contribution in [0.25, 0.3) is 0 Å². The van der Waals surface area contributed by atoms with Gasteiger partial charge in [0.15, 0.2) is 0 Å². The van der Waals surface area contributed by atoms with Gasteiger partial charge in [0, 0.05) is 11.1 Å². The molecule has 0 unspecified atom stereocenters. The van der Waals surface area contributed by atoms with Crippen molar-refractivity contribution in [2.45, 2.75) is 13.1 Å². The van der Waals surface area contributed by atoms with Crippen LogP contribution in [0.2, 0.25) is 0 Å². The van der Waals surface area contributed by atoms with Gasteiger partial charge >= 0.3 is 6.18 Å². The minimum atomic E-state index is -4.48. The number of benzodiazepines with no additional fused rings is 1. The van der Waals surface area contributed by atoms with Crippen LogP contribution < -0.4 is 4.90 Å². The van der Waals surface area contributed by atoms with Gasteiger partial charge in [0.25, 0.3) is 0 Å². The third-order valence-electron chi connectivity index (χ3n) is 3.76. The molecular formula is C18H15F3N2O. The molecule has 3 rings (SSSR count). The second kappa shape index (κ2) is 6.11. The maximum atomic E-state index is 12.9. The molecule has 1 amide bonds. The molecule has 0 aromatic heterocycles. The van der Waals surface area contributed by atoms with Gasteiger partial charge in [0.2, 0.25) is 5.91 Å². The summed E-state index contributed by atoms with van der Waals surface area (Å²) in [7, 11) is 0. The highest BCUT2D eigenvalue weighted by atomic mass is 19.4. The first-order valence-electron chi connectivity index (χ1n) is 7.43. The molecule has 124 valence electrons. The van der Waals surface area contributed by atoms with Gasteiger partial charge in [-0.3, -0.25) is 9.79 Å². The zero-order valence-corrected chi connectivity index (χ0v) is 13.0. The van der Waals surface area contributed by atoms with E-state index in [9.17, 15) is 18.0 Å². The third kappa shape index (κ3) is 3.32. The second-order valence-electron chi connectivity index (χ2n) is 5.65. The lowest BCUT2D eigenvalue weighted by molar-refractivity contribution is -0.131. The first kappa shape index (κ1) is 16.2. The standard InChI is InChI=1S/C18H15F3N2O/c1-12-7-8-15-14(9-12)17(13-5-3-2-4-6-13)22-10-16(24)23(15)11-18(19,20)21/h2-9H,10-11H2,1H3. The minimum absolute atomic E-state index is 0.239. The zero-order chi connectivity index (χ0) is 17.3. The van der Waals surface area contributed by atoms with Crippen LogP contribution in [0.4, 0.5) is 18.9 Å². The van der Waals surface area contributed by atoms with Crippen molar-refractivity contribution in [2.75, 3.05) is 18.0 Å². The van der Waals surface area contributed by atoms with Crippen molar-refractivity contribution in [2.24, 2.45) is 4.99 Å². The number of hydrogen-bond donors (Lipinski definition) is 0. The fourth-order valence-electron chi connectivity index (χ4n) is 2.72. The lowest BCUT2D eigenvalue weighted by Crippen LogP contribution is -2.40. The summed E-state index contributed by atoms with van der Waals surface area (Å²) in [5, 5.41) is 0. The van der Waals surface area contributed by atoms with E-state index in [0.717, 1.165) is 16.0 Å². The molecule has 1 aliphatic heterocycles. The van der Waals surface area contributed by atoms with Crippen LogP contribution in [0.1, 0.15) is 16.7 Å². The largest absolute Gasteiger partial charge is 0.406 e. The minimum Gasteiger partial charge on any atom is -0.301 e. The number of alkyl halides is 3. The van der Waals surface area contributed by atoms with Gasteiger partial charge in [0.05, 0.1) is 11.4 Å². The van der Waals surface area contributed by atoms with E-state index in [2.05, 4.69) is 4.99 Å². The Hall–Kier alpha value is -2.63. The highest BCUT2D eigenvalue weighted by Crippen LogP contribution is 2.30. The number of carbonyl (C=O) groups excluding carboxylic acids is 1. The van der Waals surface area contributed by atoms with Crippen LogP contribution in [-0.4, -0.2) is 30.9 Å². The van der Waals surface area contributed by atoms with Crippen LogP contribution in [0.15, 0.2) is 53.5 Å². The summed E-state index contributed by atoms with van der Waals surface area (Å²) in [6, 6.07) is 14.2. The Morgan fingerprint density at radius 3 is 2.50 bits per heavy atom. The molecule has 0 aliphatic carbocycles. The number of hydrogen-bond acceptors (Lipinski definition) is 2. The first-order valence-corrected chi connectivity index (χ1v) is 7.43. The summed E-state index contributed by atoms with van der Waals surface area (Å²) in [5.74, 6) is -0.664. The van der Waals surface area contributed by atoms with Gasteiger partial charge in [-0.1, -0.05) is 42.0 Å².